The molecule has 2 atom stereocenters. The summed E-state index contributed by atoms with van der Waals surface area (Å²) < 4.78 is 0. The van der Waals surface area contributed by atoms with Crippen molar-refractivity contribution in [2.24, 2.45) is 5.73 Å². The minimum atomic E-state index is -0.0597. The molecule has 1 aliphatic heterocycles. The molecule has 1 aromatic rings. The number of amides is 1. The SMILES string of the molecule is CCN1CCCC1CNC(=O)CCC(N)c1ccccc1. The first-order chi connectivity index (χ1) is 10.2. The predicted molar refractivity (Wildman–Crippen MR) is 85.9 cm³/mol. The van der Waals surface area contributed by atoms with Gasteiger partial charge in [-0.2, -0.15) is 0 Å². The van der Waals surface area contributed by atoms with E-state index in [1.807, 2.05) is 30.3 Å². The summed E-state index contributed by atoms with van der Waals surface area (Å²) >= 11 is 0. The molecule has 0 bridgehead atoms. The van der Waals surface area contributed by atoms with Gasteiger partial charge < -0.3 is 11.1 Å². The average Bonchev–Trinajstić information content (AvgIpc) is 2.99. The molecule has 2 rings (SSSR count). The van der Waals surface area contributed by atoms with Gasteiger partial charge in [0.1, 0.15) is 0 Å². The zero-order valence-electron chi connectivity index (χ0n) is 12.9. The fourth-order valence-corrected chi connectivity index (χ4v) is 3.02. The standard InChI is InChI=1S/C17H27N3O/c1-2-20-12-6-9-15(20)13-19-17(21)11-10-16(18)14-7-4-3-5-8-14/h3-5,7-8,15-16H,2,6,9-13,18H2,1H3,(H,19,21). The molecule has 0 saturated carbocycles. The lowest BCUT2D eigenvalue weighted by Gasteiger charge is -2.23. The van der Waals surface area contributed by atoms with E-state index in [-0.39, 0.29) is 11.9 Å². The fraction of sp³-hybridized carbons (Fsp3) is 0.588. The van der Waals surface area contributed by atoms with E-state index in [0.29, 0.717) is 18.9 Å². The molecular formula is C17H27N3O. The second kappa shape index (κ2) is 8.15. The van der Waals surface area contributed by atoms with E-state index < -0.39 is 0 Å². The van der Waals surface area contributed by atoms with Gasteiger partial charge in [0.25, 0.3) is 0 Å². The minimum Gasteiger partial charge on any atom is -0.355 e. The van der Waals surface area contributed by atoms with E-state index in [1.165, 1.54) is 12.8 Å². The van der Waals surface area contributed by atoms with Gasteiger partial charge in [0.05, 0.1) is 0 Å². The fourth-order valence-electron chi connectivity index (χ4n) is 3.02. The summed E-state index contributed by atoms with van der Waals surface area (Å²) in [6.45, 7) is 5.18. The van der Waals surface area contributed by atoms with Gasteiger partial charge in [-0.3, -0.25) is 9.69 Å². The summed E-state index contributed by atoms with van der Waals surface area (Å²) in [7, 11) is 0. The highest BCUT2D eigenvalue weighted by Crippen LogP contribution is 2.17. The molecule has 0 aromatic heterocycles. The molecule has 4 heteroatoms. The number of likely N-dealkylation sites (tertiary alicyclic amines) is 1. The average molecular weight is 289 g/mol. The lowest BCUT2D eigenvalue weighted by molar-refractivity contribution is -0.121. The number of nitrogens with two attached hydrogens (primary N) is 1. The van der Waals surface area contributed by atoms with Crippen LogP contribution in [0.15, 0.2) is 30.3 Å². The van der Waals surface area contributed by atoms with Crippen LogP contribution in [0, 0.1) is 0 Å². The summed E-state index contributed by atoms with van der Waals surface area (Å²) in [6, 6.07) is 10.4. The molecule has 21 heavy (non-hydrogen) atoms. The number of rotatable bonds is 7. The Bertz CT molecular complexity index is 435. The van der Waals surface area contributed by atoms with Crippen LogP contribution in [0.1, 0.15) is 44.2 Å². The third kappa shape index (κ3) is 4.83. The Morgan fingerprint density at radius 3 is 2.90 bits per heavy atom. The van der Waals surface area contributed by atoms with Crippen molar-refractivity contribution in [3.05, 3.63) is 35.9 Å². The lowest BCUT2D eigenvalue weighted by atomic mass is 10.0. The van der Waals surface area contributed by atoms with E-state index in [2.05, 4.69) is 17.1 Å². The normalized spacial score (nSPS) is 20.4. The zero-order valence-corrected chi connectivity index (χ0v) is 12.9. The van der Waals surface area contributed by atoms with Gasteiger partial charge in [-0.15, -0.1) is 0 Å². The Hall–Kier alpha value is -1.39. The van der Waals surface area contributed by atoms with Crippen molar-refractivity contribution in [2.75, 3.05) is 19.6 Å². The molecule has 1 aromatic carbocycles. The molecule has 1 amide bonds. The smallest absolute Gasteiger partial charge is 0.220 e. The number of hydrogen-bond acceptors (Lipinski definition) is 3. The minimum absolute atomic E-state index is 0.0597. The van der Waals surface area contributed by atoms with Crippen molar-refractivity contribution in [1.82, 2.24) is 10.2 Å². The monoisotopic (exact) mass is 289 g/mol. The van der Waals surface area contributed by atoms with Gasteiger partial charge >= 0.3 is 0 Å². The molecule has 3 N–H and O–H groups in total. The molecule has 0 radical (unpaired) electrons. The summed E-state index contributed by atoms with van der Waals surface area (Å²) in [6.07, 6.45) is 3.62. The number of nitrogens with one attached hydrogen (secondary N) is 1. The van der Waals surface area contributed by atoms with E-state index in [1.54, 1.807) is 0 Å². The Kier molecular flexibility index (Phi) is 6.21. The Morgan fingerprint density at radius 1 is 1.43 bits per heavy atom. The number of carbonyl (C=O) groups is 1. The molecule has 1 saturated heterocycles. The zero-order chi connectivity index (χ0) is 15.1. The molecular weight excluding hydrogens is 262 g/mol. The number of hydrogen-bond donors (Lipinski definition) is 2. The van der Waals surface area contributed by atoms with E-state index >= 15 is 0 Å². The van der Waals surface area contributed by atoms with Crippen LogP contribution in [-0.4, -0.2) is 36.5 Å². The third-order valence-corrected chi connectivity index (χ3v) is 4.35. The maximum absolute atomic E-state index is 11.9. The lowest BCUT2D eigenvalue weighted by Crippen LogP contribution is -2.40. The van der Waals surface area contributed by atoms with E-state index in [4.69, 9.17) is 5.73 Å². The molecule has 1 aliphatic rings. The molecule has 4 nitrogen and oxygen atoms in total. The van der Waals surface area contributed by atoms with Gasteiger partial charge in [-0.05, 0) is 37.9 Å². The van der Waals surface area contributed by atoms with Crippen LogP contribution in [0.5, 0.6) is 0 Å². The Morgan fingerprint density at radius 2 is 2.19 bits per heavy atom. The summed E-state index contributed by atoms with van der Waals surface area (Å²) in [5, 5.41) is 3.06. The van der Waals surface area contributed by atoms with Crippen LogP contribution < -0.4 is 11.1 Å². The van der Waals surface area contributed by atoms with Crippen molar-refractivity contribution in [2.45, 2.75) is 44.7 Å². The third-order valence-electron chi connectivity index (χ3n) is 4.35. The summed E-state index contributed by atoms with van der Waals surface area (Å²) in [4.78, 5) is 14.4. The molecule has 1 fully saturated rings. The topological polar surface area (TPSA) is 58.4 Å². The second-order valence-electron chi connectivity index (χ2n) is 5.78. The van der Waals surface area contributed by atoms with E-state index in [0.717, 1.165) is 25.2 Å². The van der Waals surface area contributed by atoms with Crippen LogP contribution in [-0.2, 0) is 4.79 Å². The first-order valence-electron chi connectivity index (χ1n) is 8.02. The maximum atomic E-state index is 11.9. The number of benzene rings is 1. The highest BCUT2D eigenvalue weighted by molar-refractivity contribution is 5.75. The van der Waals surface area contributed by atoms with Crippen LogP contribution in [0.25, 0.3) is 0 Å². The second-order valence-corrected chi connectivity index (χ2v) is 5.78. The first-order valence-corrected chi connectivity index (χ1v) is 8.02. The quantitative estimate of drug-likeness (QED) is 0.808. The maximum Gasteiger partial charge on any atom is 0.220 e. The van der Waals surface area contributed by atoms with Crippen molar-refractivity contribution in [3.8, 4) is 0 Å². The van der Waals surface area contributed by atoms with Crippen LogP contribution in [0.2, 0.25) is 0 Å². The number of likely N-dealkylation sites (N-methyl/N-ethyl adjacent to an activating group) is 1. The predicted octanol–water partition coefficient (Wildman–Crippen LogP) is 2.07. The molecule has 2 unspecified atom stereocenters. The van der Waals surface area contributed by atoms with Crippen molar-refractivity contribution < 1.29 is 4.79 Å². The summed E-state index contributed by atoms with van der Waals surface area (Å²) in [5.41, 5.74) is 7.21. The molecule has 0 aliphatic carbocycles. The van der Waals surface area contributed by atoms with Crippen LogP contribution in [0.3, 0.4) is 0 Å². The Labute approximate surface area is 127 Å². The first kappa shape index (κ1) is 16.0. The molecule has 1 heterocycles. The van der Waals surface area contributed by atoms with Crippen molar-refractivity contribution >= 4 is 5.91 Å². The van der Waals surface area contributed by atoms with Gasteiger partial charge in [0, 0.05) is 25.0 Å². The van der Waals surface area contributed by atoms with Gasteiger partial charge in [0.2, 0.25) is 5.91 Å². The van der Waals surface area contributed by atoms with Crippen LogP contribution >= 0.6 is 0 Å². The Balaban J connectivity index is 1.68. The van der Waals surface area contributed by atoms with Gasteiger partial charge in [0.15, 0.2) is 0 Å². The molecule has 116 valence electrons. The number of nitrogens with zero attached hydrogens (tertiary/aromatic N) is 1. The molecule has 0 spiro atoms. The number of carbonyl (C=O) groups excluding carboxylic acids is 1. The van der Waals surface area contributed by atoms with Crippen molar-refractivity contribution in [1.29, 1.82) is 0 Å². The van der Waals surface area contributed by atoms with Gasteiger partial charge in [-0.1, -0.05) is 37.3 Å². The largest absolute Gasteiger partial charge is 0.355 e. The summed E-state index contributed by atoms with van der Waals surface area (Å²) in [5.74, 6) is 0.115. The highest BCUT2D eigenvalue weighted by atomic mass is 16.1. The van der Waals surface area contributed by atoms with Crippen molar-refractivity contribution in [3.63, 3.8) is 0 Å². The van der Waals surface area contributed by atoms with E-state index in [9.17, 15) is 4.79 Å². The highest BCUT2D eigenvalue weighted by Gasteiger charge is 2.23. The van der Waals surface area contributed by atoms with Crippen LogP contribution in [0.4, 0.5) is 0 Å². The van der Waals surface area contributed by atoms with Gasteiger partial charge in [-0.25, -0.2) is 0 Å².